The number of carboxylic acids is 1. The first-order valence-electron chi connectivity index (χ1n) is 5.42. The van der Waals surface area contributed by atoms with Crippen molar-refractivity contribution in [3.8, 4) is 0 Å². The molecule has 1 aromatic carbocycles. The molecule has 98 valence electrons. The first kappa shape index (κ1) is 14.1. The van der Waals surface area contributed by atoms with Gasteiger partial charge in [0.1, 0.15) is 5.82 Å². The second kappa shape index (κ2) is 5.59. The zero-order chi connectivity index (χ0) is 13.9. The van der Waals surface area contributed by atoms with Crippen molar-refractivity contribution in [1.29, 1.82) is 0 Å². The van der Waals surface area contributed by atoms with Crippen molar-refractivity contribution < 1.29 is 19.1 Å². The highest BCUT2D eigenvalue weighted by molar-refractivity contribution is 5.95. The number of carboxylic acid groups (broad SMARTS) is 1. The Morgan fingerprint density at radius 1 is 1.39 bits per heavy atom. The summed E-state index contributed by atoms with van der Waals surface area (Å²) in [6.45, 7) is 3.35. The molecular weight excluding hydrogens is 239 g/mol. The summed E-state index contributed by atoms with van der Waals surface area (Å²) in [5.74, 6) is -3.00. The van der Waals surface area contributed by atoms with Crippen LogP contribution in [0.25, 0.3) is 0 Å². The van der Waals surface area contributed by atoms with Crippen LogP contribution in [-0.4, -0.2) is 23.0 Å². The van der Waals surface area contributed by atoms with Crippen molar-refractivity contribution in [2.45, 2.75) is 19.9 Å². The van der Waals surface area contributed by atoms with E-state index in [1.165, 1.54) is 6.07 Å². The van der Waals surface area contributed by atoms with Gasteiger partial charge in [-0.25, -0.2) is 9.18 Å². The Labute approximate surface area is 104 Å². The maximum atomic E-state index is 13.1. The largest absolute Gasteiger partial charge is 0.478 e. The van der Waals surface area contributed by atoms with E-state index in [-0.39, 0.29) is 17.6 Å². The molecule has 18 heavy (non-hydrogen) atoms. The Morgan fingerprint density at radius 2 is 2.00 bits per heavy atom. The Balaban J connectivity index is 2.89. The van der Waals surface area contributed by atoms with Crippen LogP contribution in [-0.2, 0) is 4.79 Å². The molecule has 4 N–H and O–H groups in total. The van der Waals surface area contributed by atoms with E-state index in [1.807, 2.05) is 0 Å². The van der Waals surface area contributed by atoms with Gasteiger partial charge in [0.15, 0.2) is 0 Å². The predicted molar refractivity (Wildman–Crippen MR) is 64.8 cm³/mol. The number of halogens is 1. The van der Waals surface area contributed by atoms with Crippen LogP contribution in [0.4, 0.5) is 10.1 Å². The Bertz CT molecular complexity index is 474. The summed E-state index contributed by atoms with van der Waals surface area (Å²) in [6.07, 6.45) is 0. The summed E-state index contributed by atoms with van der Waals surface area (Å²) in [4.78, 5) is 22.4. The number of carbonyl (C=O) groups excluding carboxylic acids is 1. The molecule has 2 unspecified atom stereocenters. The third-order valence-electron chi connectivity index (χ3n) is 2.67. The number of anilines is 1. The highest BCUT2D eigenvalue weighted by atomic mass is 19.1. The summed E-state index contributed by atoms with van der Waals surface area (Å²) in [6, 6.07) is 3.04. The topological polar surface area (TPSA) is 92.4 Å². The lowest BCUT2D eigenvalue weighted by Crippen LogP contribution is -2.34. The van der Waals surface area contributed by atoms with Gasteiger partial charge in [0.2, 0.25) is 5.91 Å². The van der Waals surface area contributed by atoms with E-state index in [2.05, 4.69) is 5.32 Å². The van der Waals surface area contributed by atoms with Crippen LogP contribution in [0, 0.1) is 11.7 Å². The fourth-order valence-electron chi connectivity index (χ4n) is 1.26. The highest BCUT2D eigenvalue weighted by Gasteiger charge is 2.18. The first-order valence-corrected chi connectivity index (χ1v) is 5.42. The number of amides is 1. The number of hydrogen-bond donors (Lipinski definition) is 3. The molecule has 0 bridgehead atoms. The van der Waals surface area contributed by atoms with Crippen LogP contribution in [0.3, 0.4) is 0 Å². The van der Waals surface area contributed by atoms with Crippen molar-refractivity contribution in [3.05, 3.63) is 29.6 Å². The van der Waals surface area contributed by atoms with E-state index in [0.717, 1.165) is 12.1 Å². The molecule has 0 aliphatic heterocycles. The normalized spacial score (nSPS) is 13.8. The van der Waals surface area contributed by atoms with Crippen LogP contribution in [0.5, 0.6) is 0 Å². The predicted octanol–water partition coefficient (Wildman–Crippen LogP) is 1.45. The number of nitrogens with two attached hydrogens (primary N) is 1. The van der Waals surface area contributed by atoms with Gasteiger partial charge in [0.05, 0.1) is 11.5 Å². The zero-order valence-electron chi connectivity index (χ0n) is 10.1. The SMILES string of the molecule is CC(N)C(C)C(=O)Nc1ccc(F)c(C(=O)O)c1. The van der Waals surface area contributed by atoms with Gasteiger partial charge in [-0.1, -0.05) is 6.92 Å². The molecular formula is C12H15FN2O3. The summed E-state index contributed by atoms with van der Waals surface area (Å²) < 4.78 is 13.1. The lowest BCUT2D eigenvalue weighted by atomic mass is 10.0. The standard InChI is InChI=1S/C12H15FN2O3/c1-6(7(2)14)11(16)15-8-3-4-10(13)9(5-8)12(17)18/h3-7H,14H2,1-2H3,(H,15,16)(H,17,18). The van der Waals surface area contributed by atoms with Gasteiger partial charge in [0.25, 0.3) is 0 Å². The molecule has 1 rings (SSSR count). The van der Waals surface area contributed by atoms with Crippen molar-refractivity contribution in [2.24, 2.45) is 11.7 Å². The molecule has 2 atom stereocenters. The van der Waals surface area contributed by atoms with Crippen LogP contribution < -0.4 is 11.1 Å². The molecule has 0 spiro atoms. The zero-order valence-corrected chi connectivity index (χ0v) is 10.1. The van der Waals surface area contributed by atoms with Gasteiger partial charge < -0.3 is 16.2 Å². The maximum absolute atomic E-state index is 13.1. The molecule has 0 saturated heterocycles. The minimum atomic E-state index is -1.39. The molecule has 0 aromatic heterocycles. The van der Waals surface area contributed by atoms with Gasteiger partial charge in [-0.2, -0.15) is 0 Å². The molecule has 5 nitrogen and oxygen atoms in total. The van der Waals surface area contributed by atoms with Crippen molar-refractivity contribution in [2.75, 3.05) is 5.32 Å². The summed E-state index contributed by atoms with van der Waals surface area (Å²) in [7, 11) is 0. The molecule has 0 saturated carbocycles. The summed E-state index contributed by atoms with van der Waals surface area (Å²) in [5, 5.41) is 11.2. The van der Waals surface area contributed by atoms with Gasteiger partial charge in [-0.3, -0.25) is 4.79 Å². The van der Waals surface area contributed by atoms with Gasteiger partial charge >= 0.3 is 5.97 Å². The fraction of sp³-hybridized carbons (Fsp3) is 0.333. The Hall–Kier alpha value is -1.95. The number of rotatable bonds is 4. The number of aromatic carboxylic acids is 1. The Kier molecular flexibility index (Phi) is 4.38. The van der Waals surface area contributed by atoms with E-state index in [9.17, 15) is 14.0 Å². The minimum absolute atomic E-state index is 0.228. The van der Waals surface area contributed by atoms with Crippen molar-refractivity contribution in [1.82, 2.24) is 0 Å². The van der Waals surface area contributed by atoms with E-state index in [1.54, 1.807) is 13.8 Å². The van der Waals surface area contributed by atoms with Gasteiger partial charge in [-0.05, 0) is 25.1 Å². The smallest absolute Gasteiger partial charge is 0.338 e. The average Bonchev–Trinajstić information content (AvgIpc) is 2.29. The van der Waals surface area contributed by atoms with Crippen LogP contribution in [0.15, 0.2) is 18.2 Å². The number of hydrogen-bond acceptors (Lipinski definition) is 3. The quantitative estimate of drug-likeness (QED) is 0.758. The second-order valence-electron chi connectivity index (χ2n) is 4.14. The van der Waals surface area contributed by atoms with Crippen LogP contribution in [0.2, 0.25) is 0 Å². The minimum Gasteiger partial charge on any atom is -0.478 e. The molecule has 0 aliphatic carbocycles. The first-order chi connectivity index (χ1) is 8.32. The van der Waals surface area contributed by atoms with E-state index in [4.69, 9.17) is 10.8 Å². The highest BCUT2D eigenvalue weighted by Crippen LogP contribution is 2.16. The third kappa shape index (κ3) is 3.27. The van der Waals surface area contributed by atoms with E-state index < -0.39 is 23.3 Å². The number of benzene rings is 1. The fourth-order valence-corrected chi connectivity index (χ4v) is 1.26. The molecule has 1 amide bonds. The third-order valence-corrected chi connectivity index (χ3v) is 2.67. The average molecular weight is 254 g/mol. The molecule has 0 aliphatic rings. The Morgan fingerprint density at radius 3 is 2.50 bits per heavy atom. The summed E-state index contributed by atoms with van der Waals surface area (Å²) >= 11 is 0. The van der Waals surface area contributed by atoms with Gasteiger partial charge in [0, 0.05) is 11.7 Å². The summed E-state index contributed by atoms with van der Waals surface area (Å²) in [5.41, 5.74) is 5.32. The molecule has 0 heterocycles. The molecule has 6 heteroatoms. The monoisotopic (exact) mass is 254 g/mol. The number of nitrogens with one attached hydrogen (secondary N) is 1. The molecule has 1 aromatic rings. The van der Waals surface area contributed by atoms with Gasteiger partial charge in [-0.15, -0.1) is 0 Å². The van der Waals surface area contributed by atoms with Crippen molar-refractivity contribution in [3.63, 3.8) is 0 Å². The van der Waals surface area contributed by atoms with Crippen LogP contribution >= 0.6 is 0 Å². The maximum Gasteiger partial charge on any atom is 0.338 e. The van der Waals surface area contributed by atoms with Crippen LogP contribution in [0.1, 0.15) is 24.2 Å². The molecule has 0 radical (unpaired) electrons. The van der Waals surface area contributed by atoms with Crippen molar-refractivity contribution >= 4 is 17.6 Å². The van der Waals surface area contributed by atoms with E-state index in [0.29, 0.717) is 0 Å². The lowest BCUT2D eigenvalue weighted by Gasteiger charge is -2.15. The second-order valence-corrected chi connectivity index (χ2v) is 4.14. The van der Waals surface area contributed by atoms with E-state index >= 15 is 0 Å². The lowest BCUT2D eigenvalue weighted by molar-refractivity contribution is -0.119. The molecule has 0 fully saturated rings. The number of carbonyl (C=O) groups is 2.